The maximum Gasteiger partial charge on any atom is 0.249 e. The van der Waals surface area contributed by atoms with Crippen molar-refractivity contribution >= 4 is 11.6 Å². The molecule has 1 aromatic rings. The second-order valence-corrected chi connectivity index (χ2v) is 2.27. The van der Waals surface area contributed by atoms with Crippen molar-refractivity contribution in [1.29, 1.82) is 5.26 Å². The van der Waals surface area contributed by atoms with E-state index in [4.69, 9.17) is 26.4 Å². The normalized spacial score (nSPS) is 9.33. The Morgan fingerprint density at radius 3 is 2.92 bits per heavy atom. The molecule has 0 bridgehead atoms. The van der Waals surface area contributed by atoms with Crippen LogP contribution in [0.2, 0.25) is 0 Å². The minimum atomic E-state index is -0.675. The molecule has 1 heterocycles. The first-order valence-corrected chi connectivity index (χ1v) is 3.54. The highest BCUT2D eigenvalue weighted by Gasteiger charge is 2.09. The Balaban J connectivity index is 3.42. The second-order valence-electron chi connectivity index (χ2n) is 2.00. The zero-order valence-corrected chi connectivity index (χ0v) is 6.63. The van der Waals surface area contributed by atoms with Crippen molar-refractivity contribution in [2.24, 2.45) is 0 Å². The first kappa shape index (κ1) is 8.62. The number of nitrogens with zero attached hydrogens (tertiary/aromatic N) is 1. The van der Waals surface area contributed by atoms with Gasteiger partial charge in [0.2, 0.25) is 16.9 Å². The molecule has 0 aromatic carbocycles. The van der Waals surface area contributed by atoms with Gasteiger partial charge in [-0.2, -0.15) is 5.26 Å². The molecule has 0 atom stereocenters. The van der Waals surface area contributed by atoms with Crippen LogP contribution in [0.4, 0.5) is 0 Å². The molecule has 0 aliphatic heterocycles. The van der Waals surface area contributed by atoms with Crippen molar-refractivity contribution in [2.45, 2.75) is 5.88 Å². The Kier molecular flexibility index (Phi) is 2.36. The quantitative estimate of drug-likeness (QED) is 0.662. The molecule has 12 heavy (non-hydrogen) atoms. The van der Waals surface area contributed by atoms with Crippen LogP contribution in [-0.4, -0.2) is 5.11 Å². The predicted molar refractivity (Wildman–Crippen MR) is 40.9 cm³/mol. The molecule has 0 aliphatic carbocycles. The summed E-state index contributed by atoms with van der Waals surface area (Å²) < 4.78 is 4.74. The first-order chi connectivity index (χ1) is 5.69. The van der Waals surface area contributed by atoms with Crippen molar-refractivity contribution in [3.05, 3.63) is 27.8 Å². The standard InChI is InChI=1S/C7H4ClNO3/c8-2-4-1-5(10)7(11)6(3-9)12-4/h1,11H,2H2. The van der Waals surface area contributed by atoms with Gasteiger partial charge < -0.3 is 9.52 Å². The Bertz CT molecular complexity index is 391. The van der Waals surface area contributed by atoms with Gasteiger partial charge in [0.25, 0.3) is 0 Å². The number of hydrogen-bond donors (Lipinski definition) is 1. The summed E-state index contributed by atoms with van der Waals surface area (Å²) in [6.07, 6.45) is 0. The van der Waals surface area contributed by atoms with E-state index in [0.717, 1.165) is 6.07 Å². The van der Waals surface area contributed by atoms with E-state index in [0.29, 0.717) is 0 Å². The molecule has 0 unspecified atom stereocenters. The smallest absolute Gasteiger partial charge is 0.249 e. The van der Waals surface area contributed by atoms with E-state index in [1.54, 1.807) is 0 Å². The molecule has 0 fully saturated rings. The summed E-state index contributed by atoms with van der Waals surface area (Å²) in [6, 6.07) is 2.58. The van der Waals surface area contributed by atoms with Crippen LogP contribution in [-0.2, 0) is 5.88 Å². The van der Waals surface area contributed by atoms with Gasteiger partial charge in [0.15, 0.2) is 0 Å². The maximum atomic E-state index is 10.9. The first-order valence-electron chi connectivity index (χ1n) is 3.01. The lowest BCUT2D eigenvalue weighted by molar-refractivity contribution is 0.410. The van der Waals surface area contributed by atoms with Crippen LogP contribution < -0.4 is 5.43 Å². The third-order valence-electron chi connectivity index (χ3n) is 1.21. The van der Waals surface area contributed by atoms with E-state index < -0.39 is 16.9 Å². The molecular weight excluding hydrogens is 182 g/mol. The minimum Gasteiger partial charge on any atom is -0.501 e. The number of hydrogen-bond acceptors (Lipinski definition) is 4. The van der Waals surface area contributed by atoms with Crippen molar-refractivity contribution < 1.29 is 9.52 Å². The summed E-state index contributed by atoms with van der Waals surface area (Å²) in [5, 5.41) is 17.3. The average molecular weight is 186 g/mol. The van der Waals surface area contributed by atoms with E-state index in [-0.39, 0.29) is 11.6 Å². The lowest BCUT2D eigenvalue weighted by atomic mass is 10.3. The Morgan fingerprint density at radius 2 is 2.42 bits per heavy atom. The molecule has 0 saturated heterocycles. The maximum absolute atomic E-state index is 10.9. The van der Waals surface area contributed by atoms with E-state index >= 15 is 0 Å². The average Bonchev–Trinajstić information content (AvgIpc) is 2.09. The van der Waals surface area contributed by atoms with E-state index in [9.17, 15) is 4.79 Å². The van der Waals surface area contributed by atoms with Crippen molar-refractivity contribution in [1.82, 2.24) is 0 Å². The molecule has 4 nitrogen and oxygen atoms in total. The van der Waals surface area contributed by atoms with Gasteiger partial charge in [-0.05, 0) is 0 Å². The summed E-state index contributed by atoms with van der Waals surface area (Å²) in [5.74, 6) is -0.926. The van der Waals surface area contributed by atoms with Gasteiger partial charge in [0, 0.05) is 6.07 Å². The molecule has 1 rings (SSSR count). The summed E-state index contributed by atoms with van der Waals surface area (Å²) in [5.41, 5.74) is -0.659. The highest BCUT2D eigenvalue weighted by Crippen LogP contribution is 2.12. The molecule has 0 radical (unpaired) electrons. The molecule has 0 aliphatic rings. The molecule has 0 saturated carbocycles. The van der Waals surface area contributed by atoms with Gasteiger partial charge in [-0.1, -0.05) is 0 Å². The van der Waals surface area contributed by atoms with Crippen molar-refractivity contribution in [3.63, 3.8) is 0 Å². The Labute approximate surface area is 72.6 Å². The van der Waals surface area contributed by atoms with Gasteiger partial charge in [0.1, 0.15) is 11.8 Å². The Morgan fingerprint density at radius 1 is 1.75 bits per heavy atom. The van der Waals surface area contributed by atoms with Gasteiger partial charge >= 0.3 is 0 Å². The third kappa shape index (κ3) is 1.41. The number of nitriles is 1. The highest BCUT2D eigenvalue weighted by atomic mass is 35.5. The SMILES string of the molecule is N#Cc1oc(CCl)cc(=O)c1O. The molecule has 62 valence electrons. The zero-order chi connectivity index (χ0) is 9.14. The fourth-order valence-corrected chi connectivity index (χ4v) is 0.809. The summed E-state index contributed by atoms with van der Waals surface area (Å²) >= 11 is 5.36. The van der Waals surface area contributed by atoms with Crippen LogP contribution in [0.1, 0.15) is 11.5 Å². The minimum absolute atomic E-state index is 0.00972. The van der Waals surface area contributed by atoms with Crippen molar-refractivity contribution in [3.8, 4) is 11.8 Å². The number of aromatic hydroxyl groups is 1. The largest absolute Gasteiger partial charge is 0.501 e. The van der Waals surface area contributed by atoms with Gasteiger partial charge in [-0.3, -0.25) is 4.79 Å². The fourth-order valence-electron chi connectivity index (χ4n) is 0.677. The molecule has 5 heteroatoms. The molecule has 1 N–H and O–H groups in total. The van der Waals surface area contributed by atoms with Crippen molar-refractivity contribution in [2.75, 3.05) is 0 Å². The van der Waals surface area contributed by atoms with E-state index in [1.807, 2.05) is 0 Å². The fraction of sp³-hybridized carbons (Fsp3) is 0.143. The number of alkyl halides is 1. The highest BCUT2D eigenvalue weighted by molar-refractivity contribution is 6.16. The van der Waals surface area contributed by atoms with Crippen LogP contribution in [0.15, 0.2) is 15.3 Å². The van der Waals surface area contributed by atoms with Gasteiger partial charge in [-0.15, -0.1) is 11.6 Å². The lowest BCUT2D eigenvalue weighted by Gasteiger charge is -1.96. The summed E-state index contributed by atoms with van der Waals surface area (Å²) in [4.78, 5) is 10.9. The molecular formula is C7H4ClNO3. The zero-order valence-electron chi connectivity index (χ0n) is 5.87. The topological polar surface area (TPSA) is 74.2 Å². The Hall–Kier alpha value is -1.47. The van der Waals surface area contributed by atoms with E-state index in [2.05, 4.69) is 0 Å². The summed E-state index contributed by atoms with van der Waals surface area (Å²) in [6.45, 7) is 0. The molecule has 1 aromatic heterocycles. The van der Waals surface area contributed by atoms with Crippen LogP contribution in [0.5, 0.6) is 5.75 Å². The number of halogens is 1. The van der Waals surface area contributed by atoms with Crippen LogP contribution in [0.25, 0.3) is 0 Å². The van der Waals surface area contributed by atoms with Gasteiger partial charge in [0.05, 0.1) is 5.88 Å². The second kappa shape index (κ2) is 3.28. The van der Waals surface area contributed by atoms with E-state index in [1.165, 1.54) is 6.07 Å². The van der Waals surface area contributed by atoms with Gasteiger partial charge in [-0.25, -0.2) is 0 Å². The molecule has 0 amide bonds. The van der Waals surface area contributed by atoms with Crippen LogP contribution in [0, 0.1) is 11.3 Å². The summed E-state index contributed by atoms with van der Waals surface area (Å²) in [7, 11) is 0. The molecule has 0 spiro atoms. The lowest BCUT2D eigenvalue weighted by Crippen LogP contribution is -2.01. The van der Waals surface area contributed by atoms with Crippen LogP contribution in [0.3, 0.4) is 0 Å². The predicted octanol–water partition coefficient (Wildman–Crippen LogP) is 0.956. The monoisotopic (exact) mass is 185 g/mol. The third-order valence-corrected chi connectivity index (χ3v) is 1.47. The number of rotatable bonds is 1. The van der Waals surface area contributed by atoms with Crippen LogP contribution >= 0.6 is 11.6 Å².